The number of carbonyl (C=O) groups excluding carboxylic acids is 1. The average Bonchev–Trinajstić information content (AvgIpc) is 2.73. The molecule has 7 nitrogen and oxygen atoms in total. The van der Waals surface area contributed by atoms with Gasteiger partial charge in [-0.2, -0.15) is 0 Å². The third kappa shape index (κ3) is 6.17. The van der Waals surface area contributed by atoms with Crippen LogP contribution < -0.4 is 0 Å². The second kappa shape index (κ2) is 10.4. The van der Waals surface area contributed by atoms with Gasteiger partial charge in [-0.3, -0.25) is 14.4 Å². The molecule has 2 unspecified atom stereocenters. The fourth-order valence-corrected chi connectivity index (χ4v) is 5.46. The van der Waals surface area contributed by atoms with E-state index in [-0.39, 0.29) is 36.0 Å². The second-order valence-corrected chi connectivity index (χ2v) is 9.27. The number of carboxylic acid groups (broad SMARTS) is 2. The Morgan fingerprint density at radius 2 is 1.48 bits per heavy atom. The molecule has 0 aromatic carbocycles. The largest absolute Gasteiger partial charge is 0.481 e. The maximum absolute atomic E-state index is 13.0. The summed E-state index contributed by atoms with van der Waals surface area (Å²) in [6.45, 7) is 3.81. The van der Waals surface area contributed by atoms with Crippen LogP contribution >= 0.6 is 0 Å². The Labute approximate surface area is 173 Å². The van der Waals surface area contributed by atoms with E-state index in [1.165, 1.54) is 6.42 Å². The van der Waals surface area contributed by atoms with Crippen molar-refractivity contribution in [3.63, 3.8) is 0 Å². The first kappa shape index (κ1) is 22.1. The molecule has 1 saturated carbocycles. The lowest BCUT2D eigenvalue weighted by atomic mass is 9.80. The lowest BCUT2D eigenvalue weighted by Gasteiger charge is -2.41. The maximum atomic E-state index is 13.0. The summed E-state index contributed by atoms with van der Waals surface area (Å²) >= 11 is 0. The van der Waals surface area contributed by atoms with Gasteiger partial charge in [-0.05, 0) is 70.0 Å². The zero-order valence-corrected chi connectivity index (χ0v) is 17.4. The Kier molecular flexibility index (Phi) is 7.92. The first-order valence-corrected chi connectivity index (χ1v) is 11.4. The molecule has 3 rings (SSSR count). The molecule has 1 amide bonds. The van der Waals surface area contributed by atoms with Gasteiger partial charge in [-0.15, -0.1) is 0 Å². The topological polar surface area (TPSA) is 98.2 Å². The number of hydrogen-bond acceptors (Lipinski definition) is 4. The third-order valence-electron chi connectivity index (χ3n) is 7.35. The van der Waals surface area contributed by atoms with Crippen LogP contribution in [0.15, 0.2) is 0 Å². The van der Waals surface area contributed by atoms with Gasteiger partial charge < -0.3 is 20.0 Å². The van der Waals surface area contributed by atoms with Gasteiger partial charge in [-0.25, -0.2) is 0 Å². The molecule has 0 radical (unpaired) electrons. The molecular weight excluding hydrogens is 372 g/mol. The number of amides is 1. The van der Waals surface area contributed by atoms with Crippen molar-refractivity contribution in [2.75, 3.05) is 32.7 Å². The highest BCUT2D eigenvalue weighted by Crippen LogP contribution is 2.33. The van der Waals surface area contributed by atoms with Crippen molar-refractivity contribution in [2.45, 2.75) is 64.2 Å². The quantitative estimate of drug-likeness (QED) is 0.672. The minimum atomic E-state index is -0.755. The number of nitrogens with zero attached hydrogens (tertiary/aromatic N) is 2. The van der Waals surface area contributed by atoms with Crippen molar-refractivity contribution in [3.05, 3.63) is 0 Å². The van der Waals surface area contributed by atoms with Crippen LogP contribution in [0.3, 0.4) is 0 Å². The summed E-state index contributed by atoms with van der Waals surface area (Å²) < 4.78 is 0. The summed E-state index contributed by atoms with van der Waals surface area (Å²) in [7, 11) is 0. The number of carboxylic acids is 2. The maximum Gasteiger partial charge on any atom is 0.306 e. The van der Waals surface area contributed by atoms with Crippen molar-refractivity contribution in [2.24, 2.45) is 23.7 Å². The summed E-state index contributed by atoms with van der Waals surface area (Å²) in [6.07, 6.45) is 8.70. The molecule has 0 aromatic rings. The lowest BCUT2D eigenvalue weighted by molar-refractivity contribution is -0.143. The van der Waals surface area contributed by atoms with E-state index in [0.29, 0.717) is 25.9 Å². The van der Waals surface area contributed by atoms with Crippen molar-refractivity contribution < 1.29 is 24.6 Å². The zero-order valence-electron chi connectivity index (χ0n) is 17.4. The van der Waals surface area contributed by atoms with E-state index in [1.807, 2.05) is 4.90 Å². The molecule has 2 heterocycles. The molecule has 3 aliphatic rings. The van der Waals surface area contributed by atoms with Gasteiger partial charge in [-0.1, -0.05) is 19.3 Å². The summed E-state index contributed by atoms with van der Waals surface area (Å²) in [4.78, 5) is 39.8. The van der Waals surface area contributed by atoms with E-state index in [2.05, 4.69) is 4.90 Å². The van der Waals surface area contributed by atoms with Gasteiger partial charge in [0.15, 0.2) is 0 Å². The van der Waals surface area contributed by atoms with Gasteiger partial charge in [0, 0.05) is 25.4 Å². The van der Waals surface area contributed by atoms with E-state index in [4.69, 9.17) is 5.11 Å². The third-order valence-corrected chi connectivity index (χ3v) is 7.35. The minimum absolute atomic E-state index is 0.125. The van der Waals surface area contributed by atoms with Crippen LogP contribution in [0.4, 0.5) is 0 Å². The summed E-state index contributed by atoms with van der Waals surface area (Å²) in [5, 5.41) is 18.5. The van der Waals surface area contributed by atoms with Crippen LogP contribution in [0.25, 0.3) is 0 Å². The van der Waals surface area contributed by atoms with E-state index in [0.717, 1.165) is 58.2 Å². The molecular formula is C22H36N2O5. The number of hydrogen-bond donors (Lipinski definition) is 2. The van der Waals surface area contributed by atoms with E-state index < -0.39 is 11.9 Å². The standard InChI is InChI=1S/C22H36N2O5/c25-20(26)14-18-9-13-24(21(27)16-4-2-1-3-5-16)15-19(18)8-12-23-10-6-17(7-11-23)22(28)29/h16-19H,1-15H2,(H,25,26)(H,28,29). The monoisotopic (exact) mass is 408 g/mol. The molecule has 2 atom stereocenters. The van der Waals surface area contributed by atoms with Crippen molar-refractivity contribution in [1.29, 1.82) is 0 Å². The number of piperidine rings is 2. The van der Waals surface area contributed by atoms with Gasteiger partial charge in [0.05, 0.1) is 5.92 Å². The van der Waals surface area contributed by atoms with Crippen molar-refractivity contribution in [1.82, 2.24) is 9.80 Å². The molecule has 29 heavy (non-hydrogen) atoms. The highest BCUT2D eigenvalue weighted by Gasteiger charge is 2.35. The molecule has 2 aliphatic heterocycles. The van der Waals surface area contributed by atoms with Crippen LogP contribution in [0.2, 0.25) is 0 Å². The van der Waals surface area contributed by atoms with Gasteiger partial charge >= 0.3 is 11.9 Å². The molecule has 2 saturated heterocycles. The first-order chi connectivity index (χ1) is 13.9. The van der Waals surface area contributed by atoms with Crippen LogP contribution in [0, 0.1) is 23.7 Å². The second-order valence-electron chi connectivity index (χ2n) is 9.27. The molecule has 2 N–H and O–H groups in total. The molecule has 0 spiro atoms. The molecule has 0 bridgehead atoms. The number of carbonyl (C=O) groups is 3. The summed E-state index contributed by atoms with van der Waals surface area (Å²) in [5.41, 5.74) is 0. The van der Waals surface area contributed by atoms with Gasteiger partial charge in [0.2, 0.25) is 5.91 Å². The normalized spacial score (nSPS) is 27.7. The summed E-state index contributed by atoms with van der Waals surface area (Å²) in [5.74, 6) is -0.904. The van der Waals surface area contributed by atoms with Crippen LogP contribution in [-0.4, -0.2) is 70.6 Å². The van der Waals surface area contributed by atoms with Gasteiger partial charge in [0.25, 0.3) is 0 Å². The smallest absolute Gasteiger partial charge is 0.306 e. The molecule has 7 heteroatoms. The van der Waals surface area contributed by atoms with Crippen molar-refractivity contribution in [3.8, 4) is 0 Å². The fourth-order valence-electron chi connectivity index (χ4n) is 5.46. The van der Waals surface area contributed by atoms with Crippen molar-refractivity contribution >= 4 is 17.8 Å². The molecule has 0 aromatic heterocycles. The summed E-state index contributed by atoms with van der Waals surface area (Å²) in [6, 6.07) is 0. The first-order valence-electron chi connectivity index (χ1n) is 11.4. The minimum Gasteiger partial charge on any atom is -0.481 e. The number of aliphatic carboxylic acids is 2. The Morgan fingerprint density at radius 1 is 0.793 bits per heavy atom. The number of rotatable bonds is 7. The van der Waals surface area contributed by atoms with Crippen LogP contribution in [0.1, 0.15) is 64.2 Å². The van der Waals surface area contributed by atoms with Crippen LogP contribution in [0.5, 0.6) is 0 Å². The molecule has 1 aliphatic carbocycles. The fraction of sp³-hybridized carbons (Fsp3) is 0.864. The predicted molar refractivity (Wildman–Crippen MR) is 108 cm³/mol. The van der Waals surface area contributed by atoms with Crippen LogP contribution in [-0.2, 0) is 14.4 Å². The Balaban J connectivity index is 1.54. The SMILES string of the molecule is O=C(O)CC1CCN(C(=O)C2CCCCC2)CC1CCN1CCC(C(=O)O)CC1. The van der Waals surface area contributed by atoms with E-state index in [9.17, 15) is 19.5 Å². The lowest BCUT2D eigenvalue weighted by Crippen LogP contribution is -2.47. The highest BCUT2D eigenvalue weighted by molar-refractivity contribution is 5.79. The highest BCUT2D eigenvalue weighted by atomic mass is 16.4. The Morgan fingerprint density at radius 3 is 2.10 bits per heavy atom. The zero-order chi connectivity index (χ0) is 20.8. The predicted octanol–water partition coefficient (Wildman–Crippen LogP) is 2.69. The number of likely N-dealkylation sites (tertiary alicyclic amines) is 2. The average molecular weight is 409 g/mol. The molecule has 164 valence electrons. The van der Waals surface area contributed by atoms with Gasteiger partial charge in [0.1, 0.15) is 0 Å². The van der Waals surface area contributed by atoms with E-state index in [1.54, 1.807) is 0 Å². The Bertz CT molecular complexity index is 582. The molecule has 3 fully saturated rings. The van der Waals surface area contributed by atoms with E-state index >= 15 is 0 Å². The Hall–Kier alpha value is -1.63.